The summed E-state index contributed by atoms with van der Waals surface area (Å²) < 4.78 is 0. The Balaban J connectivity index is 1.81. The molecule has 0 saturated carbocycles. The molecule has 0 unspecified atom stereocenters. The highest BCUT2D eigenvalue weighted by molar-refractivity contribution is 5.99. The maximum atomic E-state index is 12.4. The number of rotatable bonds is 4. The van der Waals surface area contributed by atoms with Crippen LogP contribution in [0.1, 0.15) is 16.1 Å². The van der Waals surface area contributed by atoms with Crippen molar-refractivity contribution >= 4 is 5.91 Å². The molecule has 5 nitrogen and oxygen atoms in total. The average Bonchev–Trinajstić information content (AvgIpc) is 2.61. The number of nitrogens with one attached hydrogen (secondary N) is 1. The SMILES string of the molecule is O=C(NCc1ccccn1)c1cncnc1-c1ccccc1. The number of hydrogen-bond acceptors (Lipinski definition) is 4. The van der Waals surface area contributed by atoms with Crippen molar-refractivity contribution in [2.75, 3.05) is 0 Å². The summed E-state index contributed by atoms with van der Waals surface area (Å²) in [6, 6.07) is 15.2. The van der Waals surface area contributed by atoms with Crippen molar-refractivity contribution in [3.63, 3.8) is 0 Å². The number of hydrogen-bond donors (Lipinski definition) is 1. The first kappa shape index (κ1) is 13.9. The summed E-state index contributed by atoms with van der Waals surface area (Å²) >= 11 is 0. The quantitative estimate of drug-likeness (QED) is 0.801. The fraction of sp³-hybridized carbons (Fsp3) is 0.0588. The normalized spacial score (nSPS) is 10.2. The van der Waals surface area contributed by atoms with Gasteiger partial charge < -0.3 is 5.32 Å². The summed E-state index contributed by atoms with van der Waals surface area (Å²) in [4.78, 5) is 24.8. The van der Waals surface area contributed by atoms with Gasteiger partial charge in [-0.2, -0.15) is 0 Å². The summed E-state index contributed by atoms with van der Waals surface area (Å²) in [6.07, 6.45) is 4.67. The molecule has 0 saturated heterocycles. The van der Waals surface area contributed by atoms with E-state index in [1.54, 1.807) is 6.20 Å². The van der Waals surface area contributed by atoms with Crippen molar-refractivity contribution in [3.8, 4) is 11.3 Å². The number of nitrogens with zero attached hydrogens (tertiary/aromatic N) is 3. The van der Waals surface area contributed by atoms with E-state index in [0.717, 1.165) is 11.3 Å². The molecule has 1 aromatic carbocycles. The largest absolute Gasteiger partial charge is 0.346 e. The third-order valence-electron chi connectivity index (χ3n) is 3.16. The van der Waals surface area contributed by atoms with Gasteiger partial charge in [0.25, 0.3) is 5.91 Å². The van der Waals surface area contributed by atoms with Gasteiger partial charge in [-0.05, 0) is 12.1 Å². The molecule has 1 N–H and O–H groups in total. The fourth-order valence-electron chi connectivity index (χ4n) is 2.09. The maximum absolute atomic E-state index is 12.4. The molecule has 5 heteroatoms. The van der Waals surface area contributed by atoms with Crippen LogP contribution in [0.4, 0.5) is 0 Å². The van der Waals surface area contributed by atoms with E-state index in [9.17, 15) is 4.79 Å². The monoisotopic (exact) mass is 290 g/mol. The predicted octanol–water partition coefficient (Wildman–Crippen LogP) is 2.47. The van der Waals surface area contributed by atoms with Gasteiger partial charge in [-0.1, -0.05) is 36.4 Å². The van der Waals surface area contributed by atoms with Gasteiger partial charge in [0.2, 0.25) is 0 Å². The van der Waals surface area contributed by atoms with Crippen LogP contribution in [0.25, 0.3) is 11.3 Å². The summed E-state index contributed by atoms with van der Waals surface area (Å²) in [6.45, 7) is 0.364. The molecule has 0 aliphatic heterocycles. The van der Waals surface area contributed by atoms with E-state index in [0.29, 0.717) is 17.8 Å². The van der Waals surface area contributed by atoms with Crippen LogP contribution in [0.2, 0.25) is 0 Å². The molecule has 22 heavy (non-hydrogen) atoms. The summed E-state index contributed by atoms with van der Waals surface area (Å²) in [5.74, 6) is -0.217. The number of carbonyl (C=O) groups is 1. The first-order valence-electron chi connectivity index (χ1n) is 6.88. The number of aromatic nitrogens is 3. The van der Waals surface area contributed by atoms with Crippen LogP contribution < -0.4 is 5.32 Å². The standard InChI is InChI=1S/C17H14N4O/c22-17(20-10-14-8-4-5-9-19-14)15-11-18-12-21-16(15)13-6-2-1-3-7-13/h1-9,11-12H,10H2,(H,20,22). The first-order chi connectivity index (χ1) is 10.8. The van der Waals surface area contributed by atoms with Crippen molar-refractivity contribution in [2.45, 2.75) is 6.54 Å². The van der Waals surface area contributed by atoms with Crippen LogP contribution in [-0.4, -0.2) is 20.9 Å². The summed E-state index contributed by atoms with van der Waals surface area (Å²) in [5.41, 5.74) is 2.75. The van der Waals surface area contributed by atoms with E-state index in [1.165, 1.54) is 12.5 Å². The first-order valence-corrected chi connectivity index (χ1v) is 6.88. The minimum Gasteiger partial charge on any atom is -0.346 e. The molecule has 2 aromatic heterocycles. The van der Waals surface area contributed by atoms with Gasteiger partial charge in [-0.15, -0.1) is 0 Å². The predicted molar refractivity (Wildman–Crippen MR) is 82.9 cm³/mol. The topological polar surface area (TPSA) is 67.8 Å². The molecule has 0 aliphatic carbocycles. The lowest BCUT2D eigenvalue weighted by molar-refractivity contribution is 0.0950. The third-order valence-corrected chi connectivity index (χ3v) is 3.16. The Hall–Kier alpha value is -3.08. The van der Waals surface area contributed by atoms with Gasteiger partial charge in [0, 0.05) is 18.0 Å². The van der Waals surface area contributed by atoms with Crippen molar-refractivity contribution in [3.05, 3.63) is 78.5 Å². The van der Waals surface area contributed by atoms with Crippen molar-refractivity contribution in [2.24, 2.45) is 0 Å². The summed E-state index contributed by atoms with van der Waals surface area (Å²) in [7, 11) is 0. The van der Waals surface area contributed by atoms with Crippen LogP contribution in [0.15, 0.2) is 67.3 Å². The van der Waals surface area contributed by atoms with E-state index in [1.807, 2.05) is 48.5 Å². The van der Waals surface area contributed by atoms with E-state index in [2.05, 4.69) is 20.3 Å². The van der Waals surface area contributed by atoms with Crippen molar-refractivity contribution in [1.82, 2.24) is 20.3 Å². The zero-order valence-electron chi connectivity index (χ0n) is 11.8. The number of amides is 1. The van der Waals surface area contributed by atoms with Gasteiger partial charge >= 0.3 is 0 Å². The van der Waals surface area contributed by atoms with Gasteiger partial charge in [0.15, 0.2) is 0 Å². The molecule has 1 amide bonds. The summed E-state index contributed by atoms with van der Waals surface area (Å²) in [5, 5.41) is 2.84. The van der Waals surface area contributed by atoms with Gasteiger partial charge in [-0.25, -0.2) is 9.97 Å². The Morgan fingerprint density at radius 2 is 1.82 bits per heavy atom. The molecule has 3 aromatic rings. The Bertz CT molecular complexity index is 760. The maximum Gasteiger partial charge on any atom is 0.255 e. The molecule has 0 radical (unpaired) electrons. The number of benzene rings is 1. The van der Waals surface area contributed by atoms with E-state index in [-0.39, 0.29) is 5.91 Å². The minimum atomic E-state index is -0.217. The highest BCUT2D eigenvalue weighted by Crippen LogP contribution is 2.19. The Morgan fingerprint density at radius 3 is 2.59 bits per heavy atom. The van der Waals surface area contributed by atoms with E-state index >= 15 is 0 Å². The lowest BCUT2D eigenvalue weighted by Crippen LogP contribution is -2.24. The van der Waals surface area contributed by atoms with Crippen LogP contribution in [-0.2, 0) is 6.54 Å². The molecule has 0 bridgehead atoms. The molecule has 3 rings (SSSR count). The lowest BCUT2D eigenvalue weighted by atomic mass is 10.1. The Labute approximate surface area is 128 Å². The van der Waals surface area contributed by atoms with Crippen LogP contribution in [0.5, 0.6) is 0 Å². The molecule has 0 fully saturated rings. The van der Waals surface area contributed by atoms with Crippen molar-refractivity contribution < 1.29 is 4.79 Å². The Kier molecular flexibility index (Phi) is 4.15. The number of pyridine rings is 1. The molecular weight excluding hydrogens is 276 g/mol. The smallest absolute Gasteiger partial charge is 0.255 e. The van der Waals surface area contributed by atoms with E-state index < -0.39 is 0 Å². The number of carbonyl (C=O) groups excluding carboxylic acids is 1. The van der Waals surface area contributed by atoms with E-state index in [4.69, 9.17) is 0 Å². The second-order valence-electron chi connectivity index (χ2n) is 4.65. The molecule has 0 spiro atoms. The van der Waals surface area contributed by atoms with Gasteiger partial charge in [0.05, 0.1) is 23.5 Å². The van der Waals surface area contributed by atoms with Gasteiger partial charge in [-0.3, -0.25) is 9.78 Å². The zero-order chi connectivity index (χ0) is 15.2. The molecular formula is C17H14N4O. The van der Waals surface area contributed by atoms with Crippen molar-refractivity contribution in [1.29, 1.82) is 0 Å². The molecule has 108 valence electrons. The molecule has 2 heterocycles. The van der Waals surface area contributed by atoms with Crippen LogP contribution >= 0.6 is 0 Å². The highest BCUT2D eigenvalue weighted by atomic mass is 16.1. The average molecular weight is 290 g/mol. The van der Waals surface area contributed by atoms with Crippen LogP contribution in [0, 0.1) is 0 Å². The van der Waals surface area contributed by atoms with Gasteiger partial charge in [0.1, 0.15) is 6.33 Å². The lowest BCUT2D eigenvalue weighted by Gasteiger charge is -2.08. The zero-order valence-corrected chi connectivity index (χ0v) is 11.8. The Morgan fingerprint density at radius 1 is 1.00 bits per heavy atom. The highest BCUT2D eigenvalue weighted by Gasteiger charge is 2.14. The third kappa shape index (κ3) is 3.15. The second-order valence-corrected chi connectivity index (χ2v) is 4.65. The second kappa shape index (κ2) is 6.58. The van der Waals surface area contributed by atoms with Crippen LogP contribution in [0.3, 0.4) is 0 Å². The fourth-order valence-corrected chi connectivity index (χ4v) is 2.09. The molecule has 0 atom stereocenters. The molecule has 0 aliphatic rings. The minimum absolute atomic E-state index is 0.217.